The van der Waals surface area contributed by atoms with Crippen LogP contribution in [0.25, 0.3) is 0 Å². The molecule has 1 heterocycles. The van der Waals surface area contributed by atoms with Crippen LogP contribution in [0, 0.1) is 0 Å². The molecule has 5 nitrogen and oxygen atoms in total. The Morgan fingerprint density at radius 2 is 2.00 bits per heavy atom. The predicted molar refractivity (Wildman–Crippen MR) is 82.3 cm³/mol. The van der Waals surface area contributed by atoms with E-state index in [9.17, 15) is 4.79 Å². The molecule has 1 amide bonds. The van der Waals surface area contributed by atoms with Gasteiger partial charge in [-0.1, -0.05) is 35.9 Å². The normalized spacial score (nSPS) is 20.9. The van der Waals surface area contributed by atoms with Crippen molar-refractivity contribution in [2.24, 2.45) is 0 Å². The molecule has 2 N–H and O–H groups in total. The van der Waals surface area contributed by atoms with E-state index in [1.54, 1.807) is 0 Å². The molecule has 0 aromatic carbocycles. The maximum atomic E-state index is 12.1. The third kappa shape index (κ3) is 3.85. The quantitative estimate of drug-likeness (QED) is 0.791. The number of aromatic nitrogens is 2. The fourth-order valence-electron chi connectivity index (χ4n) is 2.31. The second kappa shape index (κ2) is 6.30. The zero-order valence-corrected chi connectivity index (χ0v) is 13.2. The topological polar surface area (TPSA) is 66.9 Å². The molecule has 3 rings (SSSR count). The fraction of sp³-hybridized carbons (Fsp3) is 0.769. The summed E-state index contributed by atoms with van der Waals surface area (Å²) in [6, 6.07) is 0.968. The van der Waals surface area contributed by atoms with Crippen molar-refractivity contribution >= 4 is 34.1 Å². The van der Waals surface area contributed by atoms with Gasteiger partial charge in [0, 0.05) is 12.1 Å². The van der Waals surface area contributed by atoms with Gasteiger partial charge in [0.15, 0.2) is 4.34 Å². The Bertz CT molecular complexity index is 469. The van der Waals surface area contributed by atoms with E-state index in [0.29, 0.717) is 12.1 Å². The molecule has 0 saturated heterocycles. The van der Waals surface area contributed by atoms with E-state index in [1.165, 1.54) is 48.8 Å². The second-order valence-electron chi connectivity index (χ2n) is 5.54. The largest absolute Gasteiger partial charge is 0.357 e. The van der Waals surface area contributed by atoms with Gasteiger partial charge in [0.1, 0.15) is 0 Å². The highest BCUT2D eigenvalue weighted by molar-refractivity contribution is 8.02. The molecule has 2 saturated carbocycles. The molecule has 1 aromatic rings. The molecule has 0 spiro atoms. The van der Waals surface area contributed by atoms with Gasteiger partial charge in [-0.25, -0.2) is 0 Å². The summed E-state index contributed by atoms with van der Waals surface area (Å²) < 4.78 is 0.863. The summed E-state index contributed by atoms with van der Waals surface area (Å²) in [6.45, 7) is 1.93. The third-order valence-electron chi connectivity index (χ3n) is 3.66. The monoisotopic (exact) mass is 312 g/mol. The van der Waals surface area contributed by atoms with Crippen molar-refractivity contribution in [1.29, 1.82) is 0 Å². The van der Waals surface area contributed by atoms with Gasteiger partial charge in [-0.05, 0) is 32.6 Å². The summed E-state index contributed by atoms with van der Waals surface area (Å²) in [5.74, 6) is 0.119. The van der Waals surface area contributed by atoms with Crippen molar-refractivity contribution < 1.29 is 4.79 Å². The molecule has 7 heteroatoms. The van der Waals surface area contributed by atoms with Crippen molar-refractivity contribution in [3.8, 4) is 0 Å². The van der Waals surface area contributed by atoms with E-state index in [-0.39, 0.29) is 11.2 Å². The van der Waals surface area contributed by atoms with Crippen LogP contribution >= 0.6 is 23.1 Å². The number of hydrogen-bond donors (Lipinski definition) is 2. The van der Waals surface area contributed by atoms with Gasteiger partial charge < -0.3 is 10.6 Å². The molecule has 0 bridgehead atoms. The number of rotatable bonds is 6. The number of thioether (sulfide) groups is 1. The molecule has 110 valence electrons. The van der Waals surface area contributed by atoms with Crippen LogP contribution in [-0.2, 0) is 4.79 Å². The first-order valence-electron chi connectivity index (χ1n) is 7.28. The molecule has 2 aliphatic carbocycles. The standard InChI is InChI=1S/C13H20N4OS2/c1-8(11(18)14-9-4-2-3-5-9)19-13-17-16-12(20-13)15-10-6-7-10/h8-10H,2-7H2,1H3,(H,14,18)(H,15,16). The lowest BCUT2D eigenvalue weighted by Crippen LogP contribution is -2.37. The number of amides is 1. The minimum absolute atomic E-state index is 0.114. The van der Waals surface area contributed by atoms with E-state index in [1.807, 2.05) is 6.92 Å². The Labute approximate surface area is 127 Å². The van der Waals surface area contributed by atoms with E-state index >= 15 is 0 Å². The first-order valence-corrected chi connectivity index (χ1v) is 8.97. The number of hydrogen-bond acceptors (Lipinski definition) is 6. The predicted octanol–water partition coefficient (Wildman–Crippen LogP) is 2.65. The number of carbonyl (C=O) groups excluding carboxylic acids is 1. The second-order valence-corrected chi connectivity index (χ2v) is 8.11. The zero-order chi connectivity index (χ0) is 13.9. The minimum atomic E-state index is -0.114. The van der Waals surface area contributed by atoms with Crippen LogP contribution in [0.1, 0.15) is 45.4 Å². The highest BCUT2D eigenvalue weighted by Crippen LogP contribution is 2.32. The van der Waals surface area contributed by atoms with Crippen LogP contribution < -0.4 is 10.6 Å². The van der Waals surface area contributed by atoms with Crippen molar-refractivity contribution in [2.45, 2.75) is 67.1 Å². The van der Waals surface area contributed by atoms with Crippen molar-refractivity contribution in [2.75, 3.05) is 5.32 Å². The highest BCUT2D eigenvalue weighted by Gasteiger charge is 2.24. The van der Waals surface area contributed by atoms with E-state index in [2.05, 4.69) is 20.8 Å². The Hall–Kier alpha value is -0.820. The van der Waals surface area contributed by atoms with Gasteiger partial charge in [0.2, 0.25) is 11.0 Å². The van der Waals surface area contributed by atoms with Gasteiger partial charge in [-0.2, -0.15) is 0 Å². The smallest absolute Gasteiger partial charge is 0.233 e. The Morgan fingerprint density at radius 1 is 1.25 bits per heavy atom. The van der Waals surface area contributed by atoms with Crippen LogP contribution in [0.5, 0.6) is 0 Å². The summed E-state index contributed by atoms with van der Waals surface area (Å²) in [5, 5.41) is 15.5. The van der Waals surface area contributed by atoms with E-state index in [4.69, 9.17) is 0 Å². The van der Waals surface area contributed by atoms with Gasteiger partial charge in [0.25, 0.3) is 0 Å². The summed E-state index contributed by atoms with van der Waals surface area (Å²) in [7, 11) is 0. The van der Waals surface area contributed by atoms with E-state index in [0.717, 1.165) is 22.3 Å². The fourth-order valence-corrected chi connectivity index (χ4v) is 4.29. The number of anilines is 1. The average molecular weight is 312 g/mol. The van der Waals surface area contributed by atoms with Crippen LogP contribution in [0.2, 0.25) is 0 Å². The van der Waals surface area contributed by atoms with Gasteiger partial charge in [-0.3, -0.25) is 4.79 Å². The van der Waals surface area contributed by atoms with Crippen LogP contribution in [0.4, 0.5) is 5.13 Å². The summed E-state index contributed by atoms with van der Waals surface area (Å²) >= 11 is 3.04. The molecular formula is C13H20N4OS2. The van der Waals surface area contributed by atoms with Gasteiger partial charge in [0.05, 0.1) is 5.25 Å². The van der Waals surface area contributed by atoms with Crippen LogP contribution in [0.15, 0.2) is 4.34 Å². The molecular weight excluding hydrogens is 292 g/mol. The molecule has 1 atom stereocenters. The highest BCUT2D eigenvalue weighted by atomic mass is 32.2. The molecule has 0 radical (unpaired) electrons. The maximum Gasteiger partial charge on any atom is 0.233 e. The SMILES string of the molecule is CC(Sc1nnc(NC2CC2)s1)C(=O)NC1CCCC1. The maximum absolute atomic E-state index is 12.1. The first kappa shape index (κ1) is 14.1. The summed E-state index contributed by atoms with van der Waals surface area (Å²) in [5.41, 5.74) is 0. The number of carbonyl (C=O) groups is 1. The molecule has 0 aliphatic heterocycles. The average Bonchev–Trinajstić information content (AvgIpc) is 2.88. The summed E-state index contributed by atoms with van der Waals surface area (Å²) in [4.78, 5) is 12.1. The Balaban J connectivity index is 1.47. The Morgan fingerprint density at radius 3 is 2.70 bits per heavy atom. The van der Waals surface area contributed by atoms with E-state index < -0.39 is 0 Å². The number of nitrogens with one attached hydrogen (secondary N) is 2. The van der Waals surface area contributed by atoms with Gasteiger partial charge >= 0.3 is 0 Å². The van der Waals surface area contributed by atoms with Crippen LogP contribution in [-0.4, -0.2) is 33.4 Å². The lowest BCUT2D eigenvalue weighted by Gasteiger charge is -2.15. The molecule has 2 aliphatic rings. The van der Waals surface area contributed by atoms with Crippen molar-refractivity contribution in [3.05, 3.63) is 0 Å². The molecule has 1 unspecified atom stereocenters. The van der Waals surface area contributed by atoms with Crippen molar-refractivity contribution in [1.82, 2.24) is 15.5 Å². The van der Waals surface area contributed by atoms with Gasteiger partial charge in [-0.15, -0.1) is 10.2 Å². The first-order chi connectivity index (χ1) is 9.70. The molecule has 2 fully saturated rings. The summed E-state index contributed by atoms with van der Waals surface area (Å²) in [6.07, 6.45) is 7.16. The lowest BCUT2D eigenvalue weighted by molar-refractivity contribution is -0.120. The number of nitrogens with zero attached hydrogens (tertiary/aromatic N) is 2. The minimum Gasteiger partial charge on any atom is -0.357 e. The molecule has 20 heavy (non-hydrogen) atoms. The third-order valence-corrected chi connectivity index (χ3v) is 5.70. The van der Waals surface area contributed by atoms with Crippen LogP contribution in [0.3, 0.4) is 0 Å². The molecule has 1 aromatic heterocycles. The van der Waals surface area contributed by atoms with Crippen molar-refractivity contribution in [3.63, 3.8) is 0 Å². The zero-order valence-electron chi connectivity index (χ0n) is 11.6. The Kier molecular flexibility index (Phi) is 4.45. The lowest BCUT2D eigenvalue weighted by atomic mass is 10.2.